The van der Waals surface area contributed by atoms with Gasteiger partial charge >= 0.3 is 0 Å². The molecule has 2 aromatic carbocycles. The van der Waals surface area contributed by atoms with Gasteiger partial charge in [-0.1, -0.05) is 74.3 Å². The van der Waals surface area contributed by atoms with Gasteiger partial charge in [-0.2, -0.15) is 0 Å². The predicted octanol–water partition coefficient (Wildman–Crippen LogP) is 6.34. The largest absolute Gasteiger partial charge is 0.0843 e. The van der Waals surface area contributed by atoms with E-state index in [1.165, 1.54) is 30.4 Å². The van der Waals surface area contributed by atoms with Crippen molar-refractivity contribution in [2.75, 3.05) is 0 Å². The predicted molar refractivity (Wildman–Crippen MR) is 97.2 cm³/mol. The zero-order valence-electron chi connectivity index (χ0n) is 13.9. The van der Waals surface area contributed by atoms with Crippen LogP contribution in [0.1, 0.15) is 44.2 Å². The topological polar surface area (TPSA) is 0 Å². The van der Waals surface area contributed by atoms with Gasteiger partial charge in [0.1, 0.15) is 0 Å². The third-order valence-electron chi connectivity index (χ3n) is 5.84. The fraction of sp³-hybridized carbons (Fsp3) is 0.364. The SMILES string of the molecule is CC1(C)[C](c2ccccc2)C2CCCC2[C]1c1ccc(Cl)cc1. The van der Waals surface area contributed by atoms with Crippen molar-refractivity contribution in [2.24, 2.45) is 17.3 Å². The molecule has 118 valence electrons. The first-order chi connectivity index (χ1) is 11.1. The standard InChI is InChI=1S/C22H23Cl/c1-22(2)20(15-7-4-3-5-8-15)18-9-6-10-19(18)21(22)16-11-13-17(23)14-12-16/h3-5,7-8,11-14,18-19H,6,9-10H2,1-2H3. The van der Waals surface area contributed by atoms with E-state index in [1.807, 2.05) is 12.1 Å². The second-order valence-electron chi connectivity index (χ2n) is 7.47. The highest BCUT2D eigenvalue weighted by Gasteiger charge is 2.57. The normalized spacial score (nSPS) is 27.3. The Morgan fingerprint density at radius 1 is 0.783 bits per heavy atom. The lowest BCUT2D eigenvalue weighted by molar-refractivity contribution is 0.436. The van der Waals surface area contributed by atoms with Gasteiger partial charge in [0.15, 0.2) is 0 Å². The Labute approximate surface area is 144 Å². The van der Waals surface area contributed by atoms with E-state index in [0.717, 1.165) is 5.02 Å². The number of halogens is 1. The smallest absolute Gasteiger partial charge is 0.0406 e. The molecule has 2 aromatic rings. The van der Waals surface area contributed by atoms with Crippen molar-refractivity contribution >= 4 is 11.6 Å². The molecule has 1 heteroatoms. The first kappa shape index (κ1) is 15.3. The third-order valence-corrected chi connectivity index (χ3v) is 6.10. The molecular weight excluding hydrogens is 300 g/mol. The highest BCUT2D eigenvalue weighted by Crippen LogP contribution is 2.65. The minimum absolute atomic E-state index is 0.116. The van der Waals surface area contributed by atoms with Gasteiger partial charge in [0.25, 0.3) is 0 Å². The van der Waals surface area contributed by atoms with Gasteiger partial charge in [-0.15, -0.1) is 0 Å². The highest BCUT2D eigenvalue weighted by atomic mass is 35.5. The van der Waals surface area contributed by atoms with Gasteiger partial charge in [0.05, 0.1) is 0 Å². The van der Waals surface area contributed by atoms with E-state index in [-0.39, 0.29) is 5.41 Å². The summed E-state index contributed by atoms with van der Waals surface area (Å²) in [7, 11) is 0. The summed E-state index contributed by atoms with van der Waals surface area (Å²) in [5.74, 6) is 4.67. The molecule has 2 unspecified atom stereocenters. The summed E-state index contributed by atoms with van der Waals surface area (Å²) >= 11 is 6.11. The number of benzene rings is 2. The van der Waals surface area contributed by atoms with Crippen LogP contribution in [-0.4, -0.2) is 0 Å². The van der Waals surface area contributed by atoms with Gasteiger partial charge < -0.3 is 0 Å². The lowest BCUT2D eigenvalue weighted by Gasteiger charge is -2.35. The van der Waals surface area contributed by atoms with Gasteiger partial charge in [0, 0.05) is 16.9 Å². The van der Waals surface area contributed by atoms with E-state index >= 15 is 0 Å². The third kappa shape index (κ3) is 2.43. The van der Waals surface area contributed by atoms with E-state index in [4.69, 9.17) is 11.6 Å². The maximum absolute atomic E-state index is 6.11. The van der Waals surface area contributed by atoms with E-state index < -0.39 is 0 Å². The fourth-order valence-corrected chi connectivity index (χ4v) is 5.25. The lowest BCUT2D eigenvalue weighted by Crippen LogP contribution is -2.26. The quantitative estimate of drug-likeness (QED) is 0.605. The van der Waals surface area contributed by atoms with E-state index in [9.17, 15) is 0 Å². The Morgan fingerprint density at radius 3 is 1.87 bits per heavy atom. The van der Waals surface area contributed by atoms with Crippen molar-refractivity contribution in [1.29, 1.82) is 0 Å². The molecule has 4 rings (SSSR count). The molecule has 0 saturated heterocycles. The molecule has 0 N–H and O–H groups in total. The molecule has 0 heterocycles. The van der Waals surface area contributed by atoms with Crippen molar-refractivity contribution in [3.8, 4) is 0 Å². The molecule has 2 atom stereocenters. The van der Waals surface area contributed by atoms with Crippen molar-refractivity contribution in [3.63, 3.8) is 0 Å². The number of rotatable bonds is 2. The number of hydrogen-bond acceptors (Lipinski definition) is 0. The van der Waals surface area contributed by atoms with Crippen molar-refractivity contribution in [3.05, 3.63) is 82.6 Å². The van der Waals surface area contributed by atoms with Crippen LogP contribution in [0.5, 0.6) is 0 Å². The molecular formula is C22H23Cl. The van der Waals surface area contributed by atoms with Crippen molar-refractivity contribution < 1.29 is 0 Å². The van der Waals surface area contributed by atoms with Crippen LogP contribution in [0.2, 0.25) is 5.02 Å². The summed E-state index contributed by atoms with van der Waals surface area (Å²) in [6.45, 7) is 4.83. The van der Waals surface area contributed by atoms with E-state index in [1.54, 1.807) is 11.8 Å². The molecule has 0 aliphatic heterocycles. The number of hydrogen-bond donors (Lipinski definition) is 0. The van der Waals surface area contributed by atoms with Gasteiger partial charge in [-0.3, -0.25) is 0 Å². The minimum Gasteiger partial charge on any atom is -0.0843 e. The van der Waals surface area contributed by atoms with Gasteiger partial charge in [-0.05, 0) is 53.4 Å². The Kier molecular flexibility index (Phi) is 3.76. The van der Waals surface area contributed by atoms with Crippen molar-refractivity contribution in [2.45, 2.75) is 33.1 Å². The first-order valence-corrected chi connectivity index (χ1v) is 9.03. The summed E-state index contributed by atoms with van der Waals surface area (Å²) in [5, 5.41) is 0.820. The monoisotopic (exact) mass is 322 g/mol. The maximum atomic E-state index is 6.11. The molecule has 2 fully saturated rings. The molecule has 23 heavy (non-hydrogen) atoms. The zero-order valence-corrected chi connectivity index (χ0v) is 14.6. The van der Waals surface area contributed by atoms with Crippen molar-refractivity contribution in [1.82, 2.24) is 0 Å². The Hall–Kier alpha value is -1.27. The van der Waals surface area contributed by atoms with Crippen LogP contribution in [0.3, 0.4) is 0 Å². The summed E-state index contributed by atoms with van der Waals surface area (Å²) in [6, 6.07) is 19.5. The summed E-state index contributed by atoms with van der Waals surface area (Å²) in [5.41, 5.74) is 2.92. The summed E-state index contributed by atoms with van der Waals surface area (Å²) in [6.07, 6.45) is 4.00. The van der Waals surface area contributed by atoms with Crippen LogP contribution in [0.15, 0.2) is 54.6 Å². The Bertz CT molecular complexity index is 671. The first-order valence-electron chi connectivity index (χ1n) is 8.65. The summed E-state index contributed by atoms with van der Waals surface area (Å²) < 4.78 is 0. The van der Waals surface area contributed by atoms with Gasteiger partial charge in [0.2, 0.25) is 0 Å². The van der Waals surface area contributed by atoms with Gasteiger partial charge in [-0.25, -0.2) is 0 Å². The minimum atomic E-state index is 0.116. The molecule has 2 aliphatic carbocycles. The lowest BCUT2D eigenvalue weighted by atomic mass is 9.68. The maximum Gasteiger partial charge on any atom is 0.0406 e. The Morgan fingerprint density at radius 2 is 1.30 bits per heavy atom. The van der Waals surface area contributed by atoms with E-state index in [0.29, 0.717) is 11.8 Å². The highest BCUT2D eigenvalue weighted by molar-refractivity contribution is 6.30. The van der Waals surface area contributed by atoms with Crippen LogP contribution in [-0.2, 0) is 0 Å². The molecule has 2 aliphatic rings. The second kappa shape index (κ2) is 5.67. The molecule has 0 bridgehead atoms. The average molecular weight is 323 g/mol. The van der Waals surface area contributed by atoms with Crippen LogP contribution in [0.4, 0.5) is 0 Å². The second-order valence-corrected chi connectivity index (χ2v) is 7.91. The van der Waals surface area contributed by atoms with Crippen LogP contribution >= 0.6 is 11.6 Å². The number of fused-ring (bicyclic) bond motifs is 1. The van der Waals surface area contributed by atoms with E-state index in [2.05, 4.69) is 56.3 Å². The fourth-order valence-electron chi connectivity index (χ4n) is 5.12. The molecule has 0 amide bonds. The zero-order chi connectivity index (χ0) is 16.0. The molecule has 0 aromatic heterocycles. The molecule has 2 saturated carbocycles. The van der Waals surface area contributed by atoms with Crippen LogP contribution in [0, 0.1) is 29.1 Å². The summed E-state index contributed by atoms with van der Waals surface area (Å²) in [4.78, 5) is 0. The average Bonchev–Trinajstić information content (AvgIpc) is 3.06. The molecule has 0 nitrogen and oxygen atoms in total. The molecule has 2 radical (unpaired) electrons. The Balaban J connectivity index is 1.79. The van der Waals surface area contributed by atoms with Crippen LogP contribution < -0.4 is 0 Å². The van der Waals surface area contributed by atoms with Crippen LogP contribution in [0.25, 0.3) is 0 Å². The molecule has 0 spiro atoms.